The Morgan fingerprint density at radius 3 is 1.25 bits per heavy atom. The highest BCUT2D eigenvalue weighted by molar-refractivity contribution is 7.45. The molecule has 0 bridgehead atoms. The number of carbonyl (C=O) groups is 2. The maximum absolute atomic E-state index is 12.7. The Kier molecular flexibility index (Phi) is 41.7. The summed E-state index contributed by atoms with van der Waals surface area (Å²) in [7, 11) is 1.17. The van der Waals surface area contributed by atoms with Gasteiger partial charge in [0.2, 0.25) is 0 Å². The van der Waals surface area contributed by atoms with Crippen molar-refractivity contribution in [3.8, 4) is 0 Å². The lowest BCUT2D eigenvalue weighted by Gasteiger charge is -2.28. The van der Waals surface area contributed by atoms with Gasteiger partial charge in [-0.25, -0.2) is 0 Å². The van der Waals surface area contributed by atoms with Crippen molar-refractivity contribution >= 4 is 19.8 Å². The third kappa shape index (κ3) is 46.0. The lowest BCUT2D eigenvalue weighted by molar-refractivity contribution is -0.870. The SMILES string of the molecule is CCCCCC/C=C/CCCCCCCCCC(=O)OC[C@H](COP(=O)([O-])OCC[N+](C)(C)C)OC(=O)CCCCCCCCCCCCC/C=C/CCCCCCCC. The van der Waals surface area contributed by atoms with E-state index in [1.807, 2.05) is 21.1 Å². The predicted octanol–water partition coefficient (Wildman–Crippen LogP) is 14.1. The smallest absolute Gasteiger partial charge is 0.306 e. The maximum atomic E-state index is 12.7. The largest absolute Gasteiger partial charge is 0.756 e. The van der Waals surface area contributed by atoms with Crippen LogP contribution in [0.1, 0.15) is 232 Å². The summed E-state index contributed by atoms with van der Waals surface area (Å²) in [6.45, 7) is 4.24. The van der Waals surface area contributed by atoms with Crippen molar-refractivity contribution in [2.24, 2.45) is 0 Å². The van der Waals surface area contributed by atoms with E-state index >= 15 is 0 Å². The molecule has 0 amide bonds. The highest BCUT2D eigenvalue weighted by Crippen LogP contribution is 2.38. The van der Waals surface area contributed by atoms with Gasteiger partial charge in [-0.05, 0) is 64.2 Å². The fourth-order valence-electron chi connectivity index (χ4n) is 7.00. The summed E-state index contributed by atoms with van der Waals surface area (Å²) in [4.78, 5) is 37.7. The molecule has 0 aromatic heterocycles. The van der Waals surface area contributed by atoms with Crippen LogP contribution in [0.5, 0.6) is 0 Å². The molecular formula is C50H96NO8P. The molecular weight excluding hydrogens is 774 g/mol. The Bertz CT molecular complexity index is 1070. The number of unbranched alkanes of at least 4 members (excludes halogenated alkanes) is 28. The van der Waals surface area contributed by atoms with Crippen LogP contribution < -0.4 is 4.89 Å². The molecule has 9 nitrogen and oxygen atoms in total. The maximum Gasteiger partial charge on any atom is 0.306 e. The average molecular weight is 870 g/mol. The second kappa shape index (κ2) is 42.8. The van der Waals surface area contributed by atoms with Gasteiger partial charge < -0.3 is 27.9 Å². The molecule has 10 heteroatoms. The molecule has 0 radical (unpaired) electrons. The highest BCUT2D eigenvalue weighted by Gasteiger charge is 2.21. The summed E-state index contributed by atoms with van der Waals surface area (Å²) in [5, 5.41) is 0. The van der Waals surface area contributed by atoms with Crippen molar-refractivity contribution in [3.05, 3.63) is 24.3 Å². The number of likely N-dealkylation sites (N-methyl/N-ethyl adjacent to an activating group) is 1. The molecule has 0 aliphatic carbocycles. The number of allylic oxidation sites excluding steroid dienone is 4. The summed E-state index contributed by atoms with van der Waals surface area (Å²) in [5.74, 6) is -0.832. The molecule has 0 saturated heterocycles. The number of esters is 2. The number of rotatable bonds is 46. The van der Waals surface area contributed by atoms with Crippen LogP contribution in [0, 0.1) is 0 Å². The Hall–Kier alpha value is -1.51. The van der Waals surface area contributed by atoms with Gasteiger partial charge in [-0.15, -0.1) is 0 Å². The Morgan fingerprint density at radius 1 is 0.500 bits per heavy atom. The van der Waals surface area contributed by atoms with Crippen molar-refractivity contribution in [1.82, 2.24) is 0 Å². The molecule has 0 aliphatic heterocycles. The Balaban J connectivity index is 4.24. The fourth-order valence-corrected chi connectivity index (χ4v) is 7.73. The number of nitrogens with zero attached hydrogens (tertiary/aromatic N) is 1. The number of carbonyl (C=O) groups excluding carboxylic acids is 2. The number of ether oxygens (including phenoxy) is 2. The van der Waals surface area contributed by atoms with Crippen LogP contribution in [0.2, 0.25) is 0 Å². The molecule has 0 aromatic rings. The lowest BCUT2D eigenvalue weighted by atomic mass is 10.0. The molecule has 0 spiro atoms. The monoisotopic (exact) mass is 870 g/mol. The zero-order chi connectivity index (χ0) is 44.3. The van der Waals surface area contributed by atoms with Crippen molar-refractivity contribution in [3.63, 3.8) is 0 Å². The molecule has 0 N–H and O–H groups in total. The van der Waals surface area contributed by atoms with Gasteiger partial charge in [0.1, 0.15) is 19.8 Å². The molecule has 0 aromatic carbocycles. The van der Waals surface area contributed by atoms with Crippen LogP contribution in [-0.4, -0.2) is 70.0 Å². The normalized spacial score (nSPS) is 13.6. The third-order valence-electron chi connectivity index (χ3n) is 10.9. The summed E-state index contributed by atoms with van der Waals surface area (Å²) < 4.78 is 34.0. The van der Waals surface area contributed by atoms with E-state index in [0.717, 1.165) is 51.4 Å². The molecule has 60 heavy (non-hydrogen) atoms. The first-order valence-electron chi connectivity index (χ1n) is 25.0. The minimum atomic E-state index is -4.63. The topological polar surface area (TPSA) is 111 Å². The van der Waals surface area contributed by atoms with E-state index in [1.54, 1.807) is 0 Å². The molecule has 354 valence electrons. The minimum Gasteiger partial charge on any atom is -0.756 e. The van der Waals surface area contributed by atoms with E-state index in [9.17, 15) is 19.0 Å². The van der Waals surface area contributed by atoms with Crippen LogP contribution in [0.25, 0.3) is 0 Å². The third-order valence-corrected chi connectivity index (χ3v) is 11.9. The van der Waals surface area contributed by atoms with Crippen molar-refractivity contribution in [2.45, 2.75) is 238 Å². The van der Waals surface area contributed by atoms with Crippen LogP contribution in [0.15, 0.2) is 24.3 Å². The van der Waals surface area contributed by atoms with E-state index in [2.05, 4.69) is 38.2 Å². The van der Waals surface area contributed by atoms with Crippen LogP contribution in [-0.2, 0) is 32.7 Å². The predicted molar refractivity (Wildman–Crippen MR) is 250 cm³/mol. The van der Waals surface area contributed by atoms with Gasteiger partial charge in [0.15, 0.2) is 6.10 Å². The van der Waals surface area contributed by atoms with Crippen molar-refractivity contribution in [1.29, 1.82) is 0 Å². The van der Waals surface area contributed by atoms with E-state index in [-0.39, 0.29) is 32.0 Å². The molecule has 1 unspecified atom stereocenters. The average Bonchev–Trinajstić information content (AvgIpc) is 3.20. The number of phosphoric acid groups is 1. The first kappa shape index (κ1) is 58.5. The summed E-state index contributed by atoms with van der Waals surface area (Å²) in [5.41, 5.74) is 0. The van der Waals surface area contributed by atoms with Gasteiger partial charge >= 0.3 is 11.9 Å². The second-order valence-electron chi connectivity index (χ2n) is 18.2. The molecule has 2 atom stereocenters. The summed E-state index contributed by atoms with van der Waals surface area (Å²) >= 11 is 0. The summed E-state index contributed by atoms with van der Waals surface area (Å²) in [6, 6.07) is 0. The van der Waals surface area contributed by atoms with E-state index in [1.165, 1.54) is 148 Å². The van der Waals surface area contributed by atoms with E-state index < -0.39 is 26.5 Å². The van der Waals surface area contributed by atoms with Crippen LogP contribution in [0.3, 0.4) is 0 Å². The lowest BCUT2D eigenvalue weighted by Crippen LogP contribution is -2.37. The van der Waals surface area contributed by atoms with Crippen LogP contribution >= 0.6 is 7.82 Å². The summed E-state index contributed by atoms with van der Waals surface area (Å²) in [6.07, 6.45) is 47.7. The minimum absolute atomic E-state index is 0.0300. The molecule has 0 rings (SSSR count). The van der Waals surface area contributed by atoms with Gasteiger partial charge in [0.25, 0.3) is 7.82 Å². The Labute approximate surface area is 370 Å². The first-order valence-corrected chi connectivity index (χ1v) is 26.5. The van der Waals surface area contributed by atoms with E-state index in [0.29, 0.717) is 17.4 Å². The standard InChI is InChI=1S/C50H96NO8P/c1-6-8-10-12-14-16-18-20-22-23-24-25-26-27-29-31-33-35-37-39-41-43-50(53)59-48(47-58-60(54,55)57-45-44-51(3,4)5)46-56-49(52)42-40-38-36-34-32-30-28-21-19-17-15-13-11-9-7-2/h17,19-20,22,48H,6-16,18,21,23-47H2,1-5H3/b19-17+,22-20+/t48-/m1/s1. The first-order chi connectivity index (χ1) is 29.0. The quantitative estimate of drug-likeness (QED) is 0.0195. The van der Waals surface area contributed by atoms with Gasteiger partial charge in [-0.1, -0.05) is 179 Å². The Morgan fingerprint density at radius 2 is 0.850 bits per heavy atom. The van der Waals surface area contributed by atoms with E-state index in [4.69, 9.17) is 18.5 Å². The fraction of sp³-hybridized carbons (Fsp3) is 0.880. The zero-order valence-electron chi connectivity index (χ0n) is 39.9. The van der Waals surface area contributed by atoms with Crippen molar-refractivity contribution in [2.75, 3.05) is 47.5 Å². The zero-order valence-corrected chi connectivity index (χ0v) is 40.8. The van der Waals surface area contributed by atoms with Gasteiger partial charge in [0, 0.05) is 12.8 Å². The van der Waals surface area contributed by atoms with Gasteiger partial charge in [-0.3, -0.25) is 14.2 Å². The second-order valence-corrected chi connectivity index (χ2v) is 19.6. The molecule has 0 fully saturated rings. The van der Waals surface area contributed by atoms with Crippen LogP contribution in [0.4, 0.5) is 0 Å². The molecule has 0 aliphatic rings. The number of phosphoric ester groups is 1. The van der Waals surface area contributed by atoms with Gasteiger partial charge in [-0.2, -0.15) is 0 Å². The number of hydrogen-bond acceptors (Lipinski definition) is 8. The van der Waals surface area contributed by atoms with Gasteiger partial charge in [0.05, 0.1) is 27.7 Å². The number of hydrogen-bond donors (Lipinski definition) is 0. The number of quaternary nitrogens is 1. The molecule has 0 heterocycles. The van der Waals surface area contributed by atoms with Crippen molar-refractivity contribution < 1.29 is 42.1 Å². The highest BCUT2D eigenvalue weighted by atomic mass is 31.2. The molecule has 0 saturated carbocycles.